The van der Waals surface area contributed by atoms with Crippen molar-refractivity contribution in [1.82, 2.24) is 0 Å². The third-order valence-corrected chi connectivity index (χ3v) is 6.30. The smallest absolute Gasteiger partial charge is 0.194 e. The number of rotatable bonds is 4. The molecular weight excluding hydrogens is 416 g/mol. The minimum absolute atomic E-state index is 0.00891. The Hall–Kier alpha value is -3.76. The van der Waals surface area contributed by atoms with E-state index < -0.39 is 0 Å². The van der Waals surface area contributed by atoms with Gasteiger partial charge >= 0.3 is 0 Å². The van der Waals surface area contributed by atoms with Gasteiger partial charge in [0.2, 0.25) is 0 Å². The second-order valence-corrected chi connectivity index (χ2v) is 7.98. The summed E-state index contributed by atoms with van der Waals surface area (Å²) < 4.78 is 10.6. The monoisotopic (exact) mass is 436 g/mol. The van der Waals surface area contributed by atoms with E-state index in [1.54, 1.807) is 14.2 Å². The van der Waals surface area contributed by atoms with Gasteiger partial charge in [0, 0.05) is 22.3 Å². The van der Waals surface area contributed by atoms with E-state index >= 15 is 0 Å². The second kappa shape index (κ2) is 8.06. The van der Waals surface area contributed by atoms with Crippen LogP contribution in [0.25, 0.3) is 22.3 Å². The van der Waals surface area contributed by atoms with Gasteiger partial charge in [-0.05, 0) is 46.5 Å². The van der Waals surface area contributed by atoms with E-state index in [2.05, 4.69) is 0 Å². The van der Waals surface area contributed by atoms with Gasteiger partial charge in [-0.3, -0.25) is 4.79 Å². The molecule has 0 atom stereocenters. The lowest BCUT2D eigenvalue weighted by atomic mass is 9.78. The Morgan fingerprint density at radius 2 is 1.03 bits per heavy atom. The first-order valence-corrected chi connectivity index (χ1v) is 10.7. The quantitative estimate of drug-likeness (QED) is 0.308. The molecule has 0 bridgehead atoms. The number of ketones is 1. The van der Waals surface area contributed by atoms with Crippen LogP contribution in [0.2, 0.25) is 0 Å². The molecule has 0 heterocycles. The van der Waals surface area contributed by atoms with E-state index in [4.69, 9.17) is 21.7 Å². The van der Waals surface area contributed by atoms with Crippen molar-refractivity contribution in [3.8, 4) is 33.8 Å². The van der Waals surface area contributed by atoms with Crippen molar-refractivity contribution < 1.29 is 14.3 Å². The summed E-state index contributed by atoms with van der Waals surface area (Å²) >= 11 is 5.96. The fraction of sp³-hybridized carbons (Fsp3) is 0.0714. The van der Waals surface area contributed by atoms with Crippen LogP contribution >= 0.6 is 12.2 Å². The molecule has 0 saturated carbocycles. The first kappa shape index (κ1) is 20.2. The normalized spacial score (nSPS) is 12.2. The topological polar surface area (TPSA) is 35.5 Å². The number of benzene rings is 4. The molecule has 0 radical (unpaired) electrons. The predicted octanol–water partition coefficient (Wildman–Crippen LogP) is 6.35. The van der Waals surface area contributed by atoms with Crippen molar-refractivity contribution in [3.63, 3.8) is 0 Å². The first-order valence-electron chi connectivity index (χ1n) is 10.3. The summed E-state index contributed by atoms with van der Waals surface area (Å²) in [4.78, 5) is 14.4. The molecule has 0 unspecified atom stereocenters. The SMILES string of the molecule is COc1ccc(-c2ccc(-c3ccc(OC)cc3)c3c2C(=O)c2ccccc2C3=S)cc1. The van der Waals surface area contributed by atoms with E-state index in [-0.39, 0.29) is 5.78 Å². The maximum atomic E-state index is 13.8. The van der Waals surface area contributed by atoms with Gasteiger partial charge in [-0.1, -0.05) is 72.9 Å². The summed E-state index contributed by atoms with van der Waals surface area (Å²) in [6.07, 6.45) is 0. The molecule has 0 aliphatic heterocycles. The molecule has 4 aromatic carbocycles. The zero-order valence-electron chi connectivity index (χ0n) is 17.7. The molecule has 1 aliphatic carbocycles. The van der Waals surface area contributed by atoms with E-state index in [0.717, 1.165) is 44.9 Å². The first-order chi connectivity index (χ1) is 15.6. The van der Waals surface area contributed by atoms with Crippen LogP contribution < -0.4 is 9.47 Å². The van der Waals surface area contributed by atoms with Crippen LogP contribution in [0, 0.1) is 0 Å². The van der Waals surface area contributed by atoms with Crippen molar-refractivity contribution in [2.24, 2.45) is 0 Å². The summed E-state index contributed by atoms with van der Waals surface area (Å²) in [5, 5.41) is 0. The lowest BCUT2D eigenvalue weighted by Crippen LogP contribution is -2.22. The molecule has 0 amide bonds. The number of fused-ring (bicyclic) bond motifs is 2. The maximum Gasteiger partial charge on any atom is 0.194 e. The Kier molecular flexibility index (Phi) is 5.08. The van der Waals surface area contributed by atoms with E-state index in [1.165, 1.54) is 0 Å². The standard InChI is InChI=1S/C28H20O3S/c1-30-19-11-7-17(8-12-19)21-15-16-22(18-9-13-20(31-2)14-10-18)26-25(21)27(29)23-5-3-4-6-24(23)28(26)32/h3-16H,1-2H3. The van der Waals surface area contributed by atoms with Crippen LogP contribution in [0.4, 0.5) is 0 Å². The second-order valence-electron chi connectivity index (χ2n) is 7.57. The Labute approximate surface area is 192 Å². The van der Waals surface area contributed by atoms with Crippen molar-refractivity contribution in [3.05, 3.63) is 107 Å². The van der Waals surface area contributed by atoms with E-state index in [1.807, 2.05) is 84.9 Å². The molecule has 0 aromatic heterocycles. The van der Waals surface area contributed by atoms with Crippen LogP contribution in [-0.2, 0) is 0 Å². The van der Waals surface area contributed by atoms with Gasteiger partial charge in [0.25, 0.3) is 0 Å². The zero-order valence-corrected chi connectivity index (χ0v) is 18.5. The van der Waals surface area contributed by atoms with Gasteiger partial charge in [0.05, 0.1) is 19.1 Å². The highest BCUT2D eigenvalue weighted by Crippen LogP contribution is 2.40. The molecule has 32 heavy (non-hydrogen) atoms. The lowest BCUT2D eigenvalue weighted by Gasteiger charge is -2.25. The predicted molar refractivity (Wildman–Crippen MR) is 131 cm³/mol. The molecule has 0 spiro atoms. The summed E-state index contributed by atoms with van der Waals surface area (Å²) in [6.45, 7) is 0. The van der Waals surface area contributed by atoms with Gasteiger partial charge in [-0.15, -0.1) is 0 Å². The molecule has 3 nitrogen and oxygen atoms in total. The third kappa shape index (κ3) is 3.20. The number of ether oxygens (including phenoxy) is 2. The van der Waals surface area contributed by atoms with E-state index in [9.17, 15) is 4.79 Å². The number of hydrogen-bond donors (Lipinski definition) is 0. The highest BCUT2D eigenvalue weighted by Gasteiger charge is 2.32. The average Bonchev–Trinajstić information content (AvgIpc) is 2.86. The third-order valence-electron chi connectivity index (χ3n) is 5.88. The number of carbonyl (C=O) groups is 1. The van der Waals surface area contributed by atoms with Gasteiger partial charge in [-0.25, -0.2) is 0 Å². The molecule has 0 fully saturated rings. The van der Waals surface area contributed by atoms with Crippen molar-refractivity contribution in [2.75, 3.05) is 14.2 Å². The zero-order chi connectivity index (χ0) is 22.2. The van der Waals surface area contributed by atoms with Crippen molar-refractivity contribution in [1.29, 1.82) is 0 Å². The maximum absolute atomic E-state index is 13.8. The Balaban J connectivity index is 1.78. The summed E-state index contributed by atoms with van der Waals surface area (Å²) in [5.74, 6) is 1.54. The molecule has 4 aromatic rings. The van der Waals surface area contributed by atoms with Crippen molar-refractivity contribution >= 4 is 22.9 Å². The average molecular weight is 437 g/mol. The van der Waals surface area contributed by atoms with Crippen molar-refractivity contribution in [2.45, 2.75) is 0 Å². The summed E-state index contributed by atoms with van der Waals surface area (Å²) in [7, 11) is 3.28. The van der Waals surface area contributed by atoms with Gasteiger partial charge in [0.15, 0.2) is 5.78 Å². The minimum Gasteiger partial charge on any atom is -0.497 e. The number of thiocarbonyl (C=S) groups is 1. The molecule has 0 N–H and O–H groups in total. The molecule has 4 heteroatoms. The fourth-order valence-electron chi connectivity index (χ4n) is 4.25. The Morgan fingerprint density at radius 1 is 0.562 bits per heavy atom. The summed E-state index contributed by atoms with van der Waals surface area (Å²) in [5.41, 5.74) is 6.63. The van der Waals surface area contributed by atoms with Crippen LogP contribution in [0.15, 0.2) is 84.9 Å². The van der Waals surface area contributed by atoms with E-state index in [0.29, 0.717) is 16.0 Å². The Morgan fingerprint density at radius 3 is 1.53 bits per heavy atom. The minimum atomic E-state index is -0.00891. The van der Waals surface area contributed by atoms with Gasteiger partial charge in [-0.2, -0.15) is 0 Å². The van der Waals surface area contributed by atoms with Crippen LogP contribution in [0.3, 0.4) is 0 Å². The lowest BCUT2D eigenvalue weighted by molar-refractivity contribution is 0.103. The van der Waals surface area contributed by atoms with Crippen LogP contribution in [0.5, 0.6) is 11.5 Å². The fourth-order valence-corrected chi connectivity index (χ4v) is 4.64. The highest BCUT2D eigenvalue weighted by molar-refractivity contribution is 7.81. The number of carbonyl (C=O) groups excluding carboxylic acids is 1. The summed E-state index contributed by atoms with van der Waals surface area (Å²) in [6, 6.07) is 27.2. The number of methoxy groups -OCH3 is 2. The van der Waals surface area contributed by atoms with Gasteiger partial charge in [0.1, 0.15) is 11.5 Å². The molecule has 1 aliphatic rings. The molecule has 156 valence electrons. The number of hydrogen-bond acceptors (Lipinski definition) is 4. The van der Waals surface area contributed by atoms with Crippen LogP contribution in [-0.4, -0.2) is 24.9 Å². The molecule has 5 rings (SSSR count). The molecule has 0 saturated heterocycles. The van der Waals surface area contributed by atoms with Crippen LogP contribution in [0.1, 0.15) is 27.0 Å². The molecular formula is C28H20O3S. The highest BCUT2D eigenvalue weighted by atomic mass is 32.1. The largest absolute Gasteiger partial charge is 0.497 e. The Bertz CT molecular complexity index is 1250. The van der Waals surface area contributed by atoms with Gasteiger partial charge < -0.3 is 9.47 Å².